The Morgan fingerprint density at radius 1 is 1.19 bits per heavy atom. The molecule has 1 heterocycles. The van der Waals surface area contributed by atoms with Crippen LogP contribution in [0, 0.1) is 5.92 Å². The predicted molar refractivity (Wildman–Crippen MR) is 65.8 cm³/mol. The molecule has 0 aliphatic heterocycles. The van der Waals surface area contributed by atoms with E-state index >= 15 is 0 Å². The quantitative estimate of drug-likeness (QED) is 0.789. The summed E-state index contributed by atoms with van der Waals surface area (Å²) in [7, 11) is 0. The van der Waals surface area contributed by atoms with Crippen molar-refractivity contribution in [3.05, 3.63) is 11.1 Å². The summed E-state index contributed by atoms with van der Waals surface area (Å²) in [5.41, 5.74) is 0. The van der Waals surface area contributed by atoms with Gasteiger partial charge >= 0.3 is 0 Å². The van der Waals surface area contributed by atoms with Crippen molar-refractivity contribution in [2.45, 2.75) is 58.4 Å². The van der Waals surface area contributed by atoms with E-state index in [4.69, 9.17) is 11.6 Å². The summed E-state index contributed by atoms with van der Waals surface area (Å²) in [5, 5.41) is 8.76. The summed E-state index contributed by atoms with van der Waals surface area (Å²) in [5.74, 6) is 2.28. The van der Waals surface area contributed by atoms with Gasteiger partial charge in [-0.15, -0.1) is 10.2 Å². The number of halogens is 1. The molecule has 1 aromatic heterocycles. The molecule has 4 heteroatoms. The number of nitrogens with zero attached hydrogens (tertiary/aromatic N) is 3. The molecule has 1 fully saturated rings. The highest BCUT2D eigenvalue weighted by atomic mass is 35.5. The molecule has 1 aromatic rings. The van der Waals surface area contributed by atoms with E-state index in [1.807, 2.05) is 0 Å². The molecule has 0 spiro atoms. The van der Waals surface area contributed by atoms with Crippen LogP contribution in [0.2, 0.25) is 5.28 Å². The Hall–Kier alpha value is -0.570. The second kappa shape index (κ2) is 4.74. The highest BCUT2D eigenvalue weighted by molar-refractivity contribution is 6.28. The van der Waals surface area contributed by atoms with Crippen LogP contribution in [0.4, 0.5) is 0 Å². The summed E-state index contributed by atoms with van der Waals surface area (Å²) >= 11 is 6.15. The molecule has 0 radical (unpaired) electrons. The molecule has 16 heavy (non-hydrogen) atoms. The molecule has 1 aliphatic carbocycles. The van der Waals surface area contributed by atoms with Gasteiger partial charge in [0.25, 0.3) is 0 Å². The lowest BCUT2D eigenvalue weighted by molar-refractivity contribution is 0.283. The first kappa shape index (κ1) is 11.9. The monoisotopic (exact) mass is 241 g/mol. The van der Waals surface area contributed by atoms with Gasteiger partial charge in [0.05, 0.1) is 0 Å². The average Bonchev–Trinajstić information content (AvgIpc) is 2.62. The first-order valence-corrected chi connectivity index (χ1v) is 6.57. The van der Waals surface area contributed by atoms with E-state index in [0.717, 1.165) is 11.7 Å². The maximum atomic E-state index is 6.15. The Bertz CT molecular complexity index is 351. The van der Waals surface area contributed by atoms with Gasteiger partial charge in [0.15, 0.2) is 0 Å². The third-order valence-electron chi connectivity index (χ3n) is 3.55. The Morgan fingerprint density at radius 3 is 2.38 bits per heavy atom. The van der Waals surface area contributed by atoms with E-state index in [1.54, 1.807) is 0 Å². The standard InChI is InChI=1S/C12H20ClN3/c1-8(2)11-14-15-12(13)16(11)10-6-4-9(3)5-7-10/h8-10H,4-7H2,1-3H3. The zero-order valence-corrected chi connectivity index (χ0v) is 11.0. The van der Waals surface area contributed by atoms with Crippen molar-refractivity contribution in [3.63, 3.8) is 0 Å². The first-order valence-electron chi connectivity index (χ1n) is 6.20. The Morgan fingerprint density at radius 2 is 1.81 bits per heavy atom. The molecule has 0 bridgehead atoms. The minimum atomic E-state index is 0.388. The summed E-state index contributed by atoms with van der Waals surface area (Å²) < 4.78 is 2.15. The Labute approximate surface area is 102 Å². The molecule has 0 saturated heterocycles. The average molecular weight is 242 g/mol. The zero-order chi connectivity index (χ0) is 11.7. The molecular weight excluding hydrogens is 222 g/mol. The number of hydrogen-bond donors (Lipinski definition) is 0. The molecule has 0 amide bonds. The Kier molecular flexibility index (Phi) is 3.53. The lowest BCUT2D eigenvalue weighted by Crippen LogP contribution is -2.19. The van der Waals surface area contributed by atoms with Crippen molar-refractivity contribution >= 4 is 11.6 Å². The topological polar surface area (TPSA) is 30.7 Å². The van der Waals surface area contributed by atoms with Gasteiger partial charge in [0.1, 0.15) is 5.82 Å². The van der Waals surface area contributed by atoms with Crippen molar-refractivity contribution in [1.82, 2.24) is 14.8 Å². The van der Waals surface area contributed by atoms with Gasteiger partial charge < -0.3 is 0 Å². The van der Waals surface area contributed by atoms with Gasteiger partial charge in [0, 0.05) is 12.0 Å². The van der Waals surface area contributed by atoms with Crippen LogP contribution in [0.25, 0.3) is 0 Å². The molecule has 1 aliphatic rings. The van der Waals surface area contributed by atoms with Crippen LogP contribution in [-0.4, -0.2) is 14.8 Å². The van der Waals surface area contributed by atoms with Crippen molar-refractivity contribution in [1.29, 1.82) is 0 Å². The van der Waals surface area contributed by atoms with E-state index in [2.05, 4.69) is 35.5 Å². The van der Waals surface area contributed by atoms with Gasteiger partial charge in [-0.3, -0.25) is 4.57 Å². The molecule has 90 valence electrons. The fourth-order valence-corrected chi connectivity index (χ4v) is 2.78. The third kappa shape index (κ3) is 2.24. The van der Waals surface area contributed by atoms with Gasteiger partial charge in [-0.05, 0) is 43.2 Å². The number of rotatable bonds is 2. The predicted octanol–water partition coefficient (Wildman–Crippen LogP) is 3.81. The van der Waals surface area contributed by atoms with Crippen LogP contribution in [0.5, 0.6) is 0 Å². The maximum Gasteiger partial charge on any atom is 0.225 e. The molecule has 0 atom stereocenters. The third-order valence-corrected chi connectivity index (χ3v) is 3.81. The van der Waals surface area contributed by atoms with Crippen LogP contribution in [0.15, 0.2) is 0 Å². The van der Waals surface area contributed by atoms with E-state index in [-0.39, 0.29) is 0 Å². The highest BCUT2D eigenvalue weighted by Crippen LogP contribution is 2.35. The van der Waals surface area contributed by atoms with Crippen molar-refractivity contribution in [2.75, 3.05) is 0 Å². The first-order chi connectivity index (χ1) is 7.59. The van der Waals surface area contributed by atoms with E-state index in [0.29, 0.717) is 17.2 Å². The molecular formula is C12H20ClN3. The van der Waals surface area contributed by atoms with Crippen LogP contribution in [0.3, 0.4) is 0 Å². The smallest absolute Gasteiger partial charge is 0.225 e. The summed E-state index contributed by atoms with van der Waals surface area (Å²) in [6.07, 6.45) is 4.99. The van der Waals surface area contributed by atoms with Crippen molar-refractivity contribution < 1.29 is 0 Å². The molecule has 0 unspecified atom stereocenters. The van der Waals surface area contributed by atoms with Crippen LogP contribution >= 0.6 is 11.6 Å². The SMILES string of the molecule is CC1CCC(n2c(Cl)nnc2C(C)C)CC1. The van der Waals surface area contributed by atoms with E-state index < -0.39 is 0 Å². The van der Waals surface area contributed by atoms with Gasteiger partial charge in [0.2, 0.25) is 5.28 Å². The molecule has 0 aromatic carbocycles. The van der Waals surface area contributed by atoms with Crippen molar-refractivity contribution in [2.24, 2.45) is 5.92 Å². The van der Waals surface area contributed by atoms with Crippen LogP contribution in [-0.2, 0) is 0 Å². The van der Waals surface area contributed by atoms with Gasteiger partial charge in [-0.1, -0.05) is 20.8 Å². The van der Waals surface area contributed by atoms with E-state index in [9.17, 15) is 0 Å². The fourth-order valence-electron chi connectivity index (χ4n) is 2.52. The molecule has 0 N–H and O–H groups in total. The second-order valence-electron chi connectivity index (χ2n) is 5.27. The van der Waals surface area contributed by atoms with Crippen molar-refractivity contribution in [3.8, 4) is 0 Å². The molecule has 3 nitrogen and oxygen atoms in total. The minimum absolute atomic E-state index is 0.388. The van der Waals surface area contributed by atoms with Gasteiger partial charge in [-0.25, -0.2) is 0 Å². The van der Waals surface area contributed by atoms with E-state index in [1.165, 1.54) is 25.7 Å². The number of aromatic nitrogens is 3. The van der Waals surface area contributed by atoms with Gasteiger partial charge in [-0.2, -0.15) is 0 Å². The lowest BCUT2D eigenvalue weighted by Gasteiger charge is -2.28. The molecule has 1 saturated carbocycles. The lowest BCUT2D eigenvalue weighted by atomic mass is 9.87. The number of hydrogen-bond acceptors (Lipinski definition) is 2. The maximum absolute atomic E-state index is 6.15. The molecule has 2 rings (SSSR count). The zero-order valence-electron chi connectivity index (χ0n) is 10.3. The minimum Gasteiger partial charge on any atom is -0.298 e. The second-order valence-corrected chi connectivity index (χ2v) is 5.60. The largest absolute Gasteiger partial charge is 0.298 e. The van der Waals surface area contributed by atoms with Crippen LogP contribution < -0.4 is 0 Å². The Balaban J connectivity index is 2.22. The summed E-state index contributed by atoms with van der Waals surface area (Å²) in [6.45, 7) is 6.61. The summed E-state index contributed by atoms with van der Waals surface area (Å²) in [6, 6.07) is 0.510. The summed E-state index contributed by atoms with van der Waals surface area (Å²) in [4.78, 5) is 0. The normalized spacial score (nSPS) is 26.3. The van der Waals surface area contributed by atoms with Crippen LogP contribution in [0.1, 0.15) is 64.2 Å². The fraction of sp³-hybridized carbons (Fsp3) is 0.833. The highest BCUT2D eigenvalue weighted by Gasteiger charge is 2.25.